The first-order chi connectivity index (χ1) is 13.7. The highest BCUT2D eigenvalue weighted by Crippen LogP contribution is 2.39. The van der Waals surface area contributed by atoms with Crippen LogP contribution in [-0.2, 0) is 6.42 Å². The van der Waals surface area contributed by atoms with E-state index in [4.69, 9.17) is 23.2 Å². The quantitative estimate of drug-likeness (QED) is 0.275. The summed E-state index contributed by atoms with van der Waals surface area (Å²) in [6.07, 6.45) is 25.9. The van der Waals surface area contributed by atoms with Crippen LogP contribution in [0.4, 0.5) is 0 Å². The molecule has 1 N–H and O–H groups in total. The molecule has 1 heterocycles. The Morgan fingerprint density at radius 1 is 1.00 bits per heavy atom. The van der Waals surface area contributed by atoms with Gasteiger partial charge in [-0.1, -0.05) is 101 Å². The van der Waals surface area contributed by atoms with Gasteiger partial charge in [0, 0.05) is 4.75 Å². The number of imidazole rings is 1. The number of nitrogens with zero attached hydrogens (tertiary/aromatic N) is 1. The van der Waals surface area contributed by atoms with Crippen LogP contribution in [0.25, 0.3) is 0 Å². The number of H-pyrrole nitrogens is 1. The van der Waals surface area contributed by atoms with E-state index in [2.05, 4.69) is 53.0 Å². The Bertz CT molecular complexity index is 612. The van der Waals surface area contributed by atoms with Crippen molar-refractivity contribution in [2.45, 2.75) is 95.1 Å². The van der Waals surface area contributed by atoms with Gasteiger partial charge in [0.15, 0.2) is 5.15 Å². The molecule has 0 aliphatic heterocycles. The van der Waals surface area contributed by atoms with Gasteiger partial charge in [-0.25, -0.2) is 4.98 Å². The number of rotatable bonds is 15. The molecule has 0 saturated heterocycles. The van der Waals surface area contributed by atoms with Crippen molar-refractivity contribution in [1.82, 2.24) is 9.97 Å². The van der Waals surface area contributed by atoms with Crippen LogP contribution < -0.4 is 0 Å². The molecule has 1 aromatic heterocycles. The third-order valence-corrected chi connectivity index (χ3v) is 7.56. The molecule has 1 unspecified atom stereocenters. The number of aryl methyl sites for hydroxylation is 1. The van der Waals surface area contributed by atoms with Crippen molar-refractivity contribution in [2.24, 2.45) is 0 Å². The van der Waals surface area contributed by atoms with Gasteiger partial charge < -0.3 is 4.98 Å². The number of nitrogens with one attached hydrogen (secondary N) is 1. The summed E-state index contributed by atoms with van der Waals surface area (Å²) in [4.78, 5) is 7.15. The summed E-state index contributed by atoms with van der Waals surface area (Å²) in [7, 11) is 0. The highest BCUT2D eigenvalue weighted by molar-refractivity contribution is 8.00. The first kappa shape index (κ1) is 23.9. The zero-order valence-corrected chi connectivity index (χ0v) is 19.6. The molecule has 0 saturated carbocycles. The van der Waals surface area contributed by atoms with Crippen molar-refractivity contribution < 1.29 is 0 Å². The molecule has 0 bridgehead atoms. The van der Waals surface area contributed by atoms with E-state index < -0.39 is 0 Å². The molecule has 0 fully saturated rings. The van der Waals surface area contributed by atoms with Crippen molar-refractivity contribution in [1.29, 1.82) is 0 Å². The SMILES string of the molecule is CCCCCCCCCCCCSC1(CCc2[nH]c(Cl)nc2Cl)C=CC=CC1. The summed E-state index contributed by atoms with van der Waals surface area (Å²) >= 11 is 14.2. The monoisotopic (exact) mass is 442 g/mol. The third-order valence-electron chi connectivity index (χ3n) is 5.50. The molecule has 1 aliphatic rings. The van der Waals surface area contributed by atoms with Crippen LogP contribution in [0.1, 0.15) is 89.7 Å². The maximum atomic E-state index is 6.17. The van der Waals surface area contributed by atoms with E-state index >= 15 is 0 Å². The molecule has 0 spiro atoms. The van der Waals surface area contributed by atoms with E-state index in [-0.39, 0.29) is 4.75 Å². The minimum absolute atomic E-state index is 0.176. The minimum Gasteiger partial charge on any atom is -0.331 e. The Labute approximate surface area is 186 Å². The fraction of sp³-hybridized carbons (Fsp3) is 0.696. The molecule has 158 valence electrons. The first-order valence-corrected chi connectivity index (χ1v) is 12.8. The normalized spacial score (nSPS) is 18.8. The predicted octanol–water partition coefficient (Wildman–Crippen LogP) is 8.56. The predicted molar refractivity (Wildman–Crippen MR) is 127 cm³/mol. The lowest BCUT2D eigenvalue weighted by Crippen LogP contribution is -2.24. The maximum Gasteiger partial charge on any atom is 0.201 e. The number of halogens is 2. The Balaban J connectivity index is 1.62. The number of hydrogen-bond donors (Lipinski definition) is 1. The van der Waals surface area contributed by atoms with Gasteiger partial charge in [0.25, 0.3) is 0 Å². The summed E-state index contributed by atoms with van der Waals surface area (Å²) in [5.74, 6) is 1.23. The average molecular weight is 444 g/mol. The van der Waals surface area contributed by atoms with E-state index in [1.165, 1.54) is 70.0 Å². The molecule has 0 amide bonds. The van der Waals surface area contributed by atoms with E-state index in [1.54, 1.807) is 0 Å². The number of thioether (sulfide) groups is 1. The smallest absolute Gasteiger partial charge is 0.201 e. The average Bonchev–Trinajstić information content (AvgIpc) is 3.02. The van der Waals surface area contributed by atoms with Crippen LogP contribution in [0.15, 0.2) is 24.3 Å². The van der Waals surface area contributed by atoms with E-state index in [0.717, 1.165) is 25.0 Å². The zero-order valence-electron chi connectivity index (χ0n) is 17.3. The van der Waals surface area contributed by atoms with Crippen molar-refractivity contribution in [3.63, 3.8) is 0 Å². The summed E-state index contributed by atoms with van der Waals surface area (Å²) in [6, 6.07) is 0. The van der Waals surface area contributed by atoms with Gasteiger partial charge in [-0.05, 0) is 43.0 Å². The summed E-state index contributed by atoms with van der Waals surface area (Å²) in [5, 5.41) is 0.890. The molecule has 28 heavy (non-hydrogen) atoms. The standard InChI is InChI=1S/C23H36Cl2N2S/c1-2-3-4-5-6-7-8-9-10-14-19-28-23(16-12-11-13-17-23)18-15-20-21(24)27-22(25)26-20/h11-13,16H,2-10,14-15,17-19H2,1H3,(H,26,27). The molecule has 1 aromatic rings. The molecule has 2 rings (SSSR count). The molecule has 0 aromatic carbocycles. The van der Waals surface area contributed by atoms with Crippen molar-refractivity contribution >= 4 is 35.0 Å². The highest BCUT2D eigenvalue weighted by Gasteiger charge is 2.28. The number of hydrogen-bond acceptors (Lipinski definition) is 2. The molecular formula is C23H36Cl2N2S. The van der Waals surface area contributed by atoms with Crippen LogP contribution in [-0.4, -0.2) is 20.5 Å². The lowest BCUT2D eigenvalue weighted by Gasteiger charge is -2.31. The van der Waals surface area contributed by atoms with Crippen LogP contribution in [0, 0.1) is 0 Å². The fourth-order valence-electron chi connectivity index (χ4n) is 3.73. The van der Waals surface area contributed by atoms with Crippen LogP contribution >= 0.6 is 35.0 Å². The second kappa shape index (κ2) is 13.8. The number of unbranched alkanes of at least 4 members (excludes halogenated alkanes) is 9. The van der Waals surface area contributed by atoms with Gasteiger partial charge in [0.2, 0.25) is 5.28 Å². The Kier molecular flexibility index (Phi) is 11.8. The van der Waals surface area contributed by atoms with Gasteiger partial charge in [-0.2, -0.15) is 11.8 Å². The van der Waals surface area contributed by atoms with Gasteiger partial charge in [0.1, 0.15) is 0 Å². The zero-order chi connectivity index (χ0) is 20.1. The fourth-order valence-corrected chi connectivity index (χ4v) is 5.59. The van der Waals surface area contributed by atoms with E-state index in [1.807, 2.05) is 0 Å². The molecule has 0 radical (unpaired) electrons. The topological polar surface area (TPSA) is 28.7 Å². The van der Waals surface area contributed by atoms with E-state index in [9.17, 15) is 0 Å². The van der Waals surface area contributed by atoms with Crippen LogP contribution in [0.3, 0.4) is 0 Å². The molecule has 1 atom stereocenters. The number of aromatic amines is 1. The maximum absolute atomic E-state index is 6.17. The van der Waals surface area contributed by atoms with Crippen LogP contribution in [0.2, 0.25) is 10.4 Å². The van der Waals surface area contributed by atoms with Gasteiger partial charge in [0.05, 0.1) is 5.69 Å². The third kappa shape index (κ3) is 8.97. The van der Waals surface area contributed by atoms with Gasteiger partial charge >= 0.3 is 0 Å². The lowest BCUT2D eigenvalue weighted by molar-refractivity contribution is 0.562. The molecule has 2 nitrogen and oxygen atoms in total. The second-order valence-corrected chi connectivity index (χ2v) is 10.1. The van der Waals surface area contributed by atoms with Gasteiger partial charge in [-0.15, -0.1) is 0 Å². The second-order valence-electron chi connectivity index (χ2n) is 7.88. The van der Waals surface area contributed by atoms with Crippen LogP contribution in [0.5, 0.6) is 0 Å². The first-order valence-electron chi connectivity index (χ1n) is 11.0. The minimum atomic E-state index is 0.176. The van der Waals surface area contributed by atoms with Gasteiger partial charge in [-0.3, -0.25) is 0 Å². The summed E-state index contributed by atoms with van der Waals surface area (Å²) in [5.41, 5.74) is 0.952. The molecule has 5 heteroatoms. The van der Waals surface area contributed by atoms with Crippen molar-refractivity contribution in [3.05, 3.63) is 40.4 Å². The van der Waals surface area contributed by atoms with E-state index in [0.29, 0.717) is 10.4 Å². The molecular weight excluding hydrogens is 407 g/mol. The Hall–Kier alpha value is -0.380. The number of allylic oxidation sites excluding steroid dienone is 3. The highest BCUT2D eigenvalue weighted by atomic mass is 35.5. The Morgan fingerprint density at radius 3 is 2.25 bits per heavy atom. The van der Waals surface area contributed by atoms with Crippen molar-refractivity contribution in [3.8, 4) is 0 Å². The Morgan fingerprint density at radius 2 is 1.68 bits per heavy atom. The largest absolute Gasteiger partial charge is 0.331 e. The number of aromatic nitrogens is 2. The summed E-state index contributed by atoms with van der Waals surface area (Å²) < 4.78 is 0.176. The molecule has 1 aliphatic carbocycles. The van der Waals surface area contributed by atoms with Crippen molar-refractivity contribution in [2.75, 3.05) is 5.75 Å². The lowest BCUT2D eigenvalue weighted by atomic mass is 9.94. The summed E-state index contributed by atoms with van der Waals surface area (Å²) in [6.45, 7) is 2.28.